The minimum Gasteiger partial charge on any atom is -0.309 e. The lowest BCUT2D eigenvalue weighted by Crippen LogP contribution is -2.15. The zero-order chi connectivity index (χ0) is 32.0. The second-order valence-corrected chi connectivity index (χ2v) is 12.1. The SMILES string of the molecule is O=C(CCc1cccc(CC(=O)Nc2nnc(CCCCc3ccc(NC(=O)Cc4ccccc4)nn3)s2)c1)Cc1ccccc1. The molecule has 46 heavy (non-hydrogen) atoms. The highest BCUT2D eigenvalue weighted by Crippen LogP contribution is 2.19. The average molecular weight is 633 g/mol. The van der Waals surface area contributed by atoms with Crippen LogP contribution >= 0.6 is 11.3 Å². The molecule has 3 aromatic carbocycles. The van der Waals surface area contributed by atoms with Gasteiger partial charge in [0, 0.05) is 19.3 Å². The van der Waals surface area contributed by atoms with Crippen LogP contribution in [-0.2, 0) is 52.9 Å². The Hall–Kier alpha value is -5.09. The standard InChI is InChI=1S/C36H36N6O3S/c43-31(23-26-10-3-1-4-11-26)20-18-28-14-9-15-29(22-28)25-34(45)38-36-42-41-35(46-36)17-8-7-16-30-19-21-32(40-39-30)37-33(44)24-27-12-5-2-6-13-27/h1-6,9-15,19,21-22H,7-8,16-18,20,23-25H2,(H,37,40,44)(H,38,42,45). The number of Topliss-reactive ketones (excluding diaryl/α,β-unsaturated/α-hetero) is 1. The Morgan fingerprint density at radius 3 is 1.96 bits per heavy atom. The van der Waals surface area contributed by atoms with Crippen LogP contribution in [-0.4, -0.2) is 38.0 Å². The van der Waals surface area contributed by atoms with Crippen LogP contribution in [0.5, 0.6) is 0 Å². The number of carbonyl (C=O) groups excluding carboxylic acids is 3. The van der Waals surface area contributed by atoms with Crippen molar-refractivity contribution in [3.63, 3.8) is 0 Å². The van der Waals surface area contributed by atoms with E-state index in [2.05, 4.69) is 31.0 Å². The smallest absolute Gasteiger partial charge is 0.230 e. The molecule has 2 aromatic heterocycles. The number of benzene rings is 3. The van der Waals surface area contributed by atoms with Gasteiger partial charge in [-0.3, -0.25) is 14.4 Å². The Labute approximate surface area is 272 Å². The molecule has 0 aliphatic heterocycles. The number of hydrogen-bond acceptors (Lipinski definition) is 8. The van der Waals surface area contributed by atoms with E-state index in [1.54, 1.807) is 6.07 Å². The maximum absolute atomic E-state index is 12.7. The van der Waals surface area contributed by atoms with Gasteiger partial charge in [-0.1, -0.05) is 96.3 Å². The van der Waals surface area contributed by atoms with E-state index < -0.39 is 0 Å². The lowest BCUT2D eigenvalue weighted by molar-refractivity contribution is -0.118. The molecule has 0 aliphatic carbocycles. The van der Waals surface area contributed by atoms with E-state index in [9.17, 15) is 14.4 Å². The summed E-state index contributed by atoms with van der Waals surface area (Å²) < 4.78 is 0. The number of carbonyl (C=O) groups is 3. The van der Waals surface area contributed by atoms with Gasteiger partial charge in [-0.15, -0.1) is 15.3 Å². The molecule has 10 heteroatoms. The van der Waals surface area contributed by atoms with Crippen molar-refractivity contribution < 1.29 is 14.4 Å². The number of anilines is 2. The molecule has 0 saturated carbocycles. The van der Waals surface area contributed by atoms with Gasteiger partial charge in [0.15, 0.2) is 5.82 Å². The Morgan fingerprint density at radius 2 is 1.22 bits per heavy atom. The van der Waals surface area contributed by atoms with Crippen LogP contribution in [0.15, 0.2) is 97.1 Å². The summed E-state index contributed by atoms with van der Waals surface area (Å²) in [5.74, 6) is 0.352. The number of unbranched alkanes of at least 4 members (excludes halogenated alkanes) is 1. The third-order valence-electron chi connectivity index (χ3n) is 7.27. The number of rotatable bonds is 16. The highest BCUT2D eigenvalue weighted by molar-refractivity contribution is 7.15. The Kier molecular flexibility index (Phi) is 11.8. The molecule has 0 saturated heterocycles. The lowest BCUT2D eigenvalue weighted by atomic mass is 10.0. The fraction of sp³-hybridized carbons (Fsp3) is 0.250. The van der Waals surface area contributed by atoms with Gasteiger partial charge in [0.2, 0.25) is 16.9 Å². The molecule has 234 valence electrons. The maximum atomic E-state index is 12.7. The van der Waals surface area contributed by atoms with Crippen molar-refractivity contribution in [2.75, 3.05) is 10.6 Å². The average Bonchev–Trinajstić information content (AvgIpc) is 3.50. The largest absolute Gasteiger partial charge is 0.309 e. The summed E-state index contributed by atoms with van der Waals surface area (Å²) in [5, 5.41) is 23.7. The summed E-state index contributed by atoms with van der Waals surface area (Å²) in [5.41, 5.74) is 4.75. The van der Waals surface area contributed by atoms with Gasteiger partial charge in [0.05, 0.1) is 18.5 Å². The van der Waals surface area contributed by atoms with Crippen molar-refractivity contribution in [1.82, 2.24) is 20.4 Å². The third kappa shape index (κ3) is 10.8. The molecular formula is C36H36N6O3S. The van der Waals surface area contributed by atoms with Gasteiger partial charge >= 0.3 is 0 Å². The fourth-order valence-electron chi connectivity index (χ4n) is 4.96. The highest BCUT2D eigenvalue weighted by atomic mass is 32.1. The van der Waals surface area contributed by atoms with Gasteiger partial charge < -0.3 is 10.6 Å². The minimum absolute atomic E-state index is 0.130. The summed E-state index contributed by atoms with van der Waals surface area (Å²) in [7, 11) is 0. The van der Waals surface area contributed by atoms with Crippen LogP contribution in [0.3, 0.4) is 0 Å². The van der Waals surface area contributed by atoms with E-state index in [-0.39, 0.29) is 30.4 Å². The molecule has 0 spiro atoms. The summed E-state index contributed by atoms with van der Waals surface area (Å²) in [6.45, 7) is 0. The molecule has 2 heterocycles. The monoisotopic (exact) mass is 632 g/mol. The molecule has 5 rings (SSSR count). The third-order valence-corrected chi connectivity index (χ3v) is 8.17. The number of aryl methyl sites for hydroxylation is 3. The molecule has 0 bridgehead atoms. The van der Waals surface area contributed by atoms with Gasteiger partial charge in [-0.25, -0.2) is 0 Å². The number of amides is 2. The van der Waals surface area contributed by atoms with Crippen LogP contribution < -0.4 is 10.6 Å². The number of ketones is 1. The highest BCUT2D eigenvalue weighted by Gasteiger charge is 2.11. The normalized spacial score (nSPS) is 10.8. The Morgan fingerprint density at radius 1 is 0.565 bits per heavy atom. The Balaban J connectivity index is 0.985. The first-order chi connectivity index (χ1) is 22.5. The summed E-state index contributed by atoms with van der Waals surface area (Å²) in [4.78, 5) is 37.3. The quantitative estimate of drug-likeness (QED) is 0.128. The lowest BCUT2D eigenvalue weighted by Gasteiger charge is -2.06. The van der Waals surface area contributed by atoms with Crippen molar-refractivity contribution >= 4 is 39.9 Å². The molecule has 2 N–H and O–H groups in total. The van der Waals surface area contributed by atoms with Crippen molar-refractivity contribution in [3.8, 4) is 0 Å². The second-order valence-electron chi connectivity index (χ2n) is 11.1. The van der Waals surface area contributed by atoms with E-state index in [0.29, 0.717) is 30.2 Å². The molecule has 5 aromatic rings. The van der Waals surface area contributed by atoms with E-state index in [1.165, 1.54) is 11.3 Å². The van der Waals surface area contributed by atoms with Crippen molar-refractivity contribution in [2.24, 2.45) is 0 Å². The molecule has 0 aliphatic rings. The van der Waals surface area contributed by atoms with Crippen LogP contribution in [0.25, 0.3) is 0 Å². The minimum atomic E-state index is -0.154. The molecule has 0 fully saturated rings. The van der Waals surface area contributed by atoms with E-state index in [4.69, 9.17) is 0 Å². The number of nitrogens with zero attached hydrogens (tertiary/aromatic N) is 4. The Bertz CT molecular complexity index is 1730. The van der Waals surface area contributed by atoms with Gasteiger partial charge in [0.25, 0.3) is 0 Å². The molecule has 0 radical (unpaired) electrons. The van der Waals surface area contributed by atoms with Crippen molar-refractivity contribution in [1.29, 1.82) is 0 Å². The number of aromatic nitrogens is 4. The van der Waals surface area contributed by atoms with Crippen LogP contribution in [0.4, 0.5) is 10.9 Å². The number of hydrogen-bond donors (Lipinski definition) is 2. The predicted molar refractivity (Wildman–Crippen MR) is 180 cm³/mol. The van der Waals surface area contributed by atoms with Crippen molar-refractivity contribution in [2.45, 2.75) is 57.8 Å². The van der Waals surface area contributed by atoms with Gasteiger partial charge in [-0.2, -0.15) is 5.10 Å². The van der Waals surface area contributed by atoms with E-state index in [0.717, 1.165) is 58.6 Å². The molecule has 2 amide bonds. The summed E-state index contributed by atoms with van der Waals surface area (Å²) >= 11 is 1.38. The maximum Gasteiger partial charge on any atom is 0.230 e. The van der Waals surface area contributed by atoms with Crippen LogP contribution in [0.2, 0.25) is 0 Å². The zero-order valence-electron chi connectivity index (χ0n) is 25.5. The summed E-state index contributed by atoms with van der Waals surface area (Å²) in [6.07, 6.45) is 5.34. The topological polar surface area (TPSA) is 127 Å². The second kappa shape index (κ2) is 16.8. The van der Waals surface area contributed by atoms with Crippen molar-refractivity contribution in [3.05, 3.63) is 130 Å². The van der Waals surface area contributed by atoms with E-state index in [1.807, 2.05) is 91.0 Å². The first kappa shape index (κ1) is 32.3. The predicted octanol–water partition coefficient (Wildman–Crippen LogP) is 6.00. The van der Waals surface area contributed by atoms with E-state index >= 15 is 0 Å². The molecule has 9 nitrogen and oxygen atoms in total. The van der Waals surface area contributed by atoms with Crippen LogP contribution in [0, 0.1) is 0 Å². The molecule has 0 atom stereocenters. The first-order valence-corrected chi connectivity index (χ1v) is 16.2. The molecular weight excluding hydrogens is 597 g/mol. The van der Waals surface area contributed by atoms with Crippen LogP contribution in [0.1, 0.15) is 52.2 Å². The number of nitrogens with one attached hydrogen (secondary N) is 2. The zero-order valence-corrected chi connectivity index (χ0v) is 26.3. The van der Waals surface area contributed by atoms with Gasteiger partial charge in [0.1, 0.15) is 10.8 Å². The first-order valence-electron chi connectivity index (χ1n) is 15.4. The van der Waals surface area contributed by atoms with Gasteiger partial charge in [-0.05, 0) is 60.1 Å². The fourth-order valence-corrected chi connectivity index (χ4v) is 5.75. The summed E-state index contributed by atoms with van der Waals surface area (Å²) in [6, 6.07) is 30.8. The molecule has 0 unspecified atom stereocenters.